The number of aromatic nitrogens is 1. The molecule has 1 nitrogen and oxygen atoms in total. The van der Waals surface area contributed by atoms with Crippen molar-refractivity contribution >= 4 is 22.7 Å². The maximum atomic E-state index is 12.9. The molecule has 0 unspecified atom stereocenters. The van der Waals surface area contributed by atoms with Crippen LogP contribution in [0.1, 0.15) is 5.56 Å². The lowest BCUT2D eigenvalue weighted by Crippen LogP contribution is -1.76. The molecule has 0 N–H and O–H groups in total. The van der Waals surface area contributed by atoms with E-state index in [-0.39, 0.29) is 5.82 Å². The zero-order chi connectivity index (χ0) is 12.5. The van der Waals surface area contributed by atoms with Gasteiger partial charge in [-0.2, -0.15) is 0 Å². The minimum atomic E-state index is -0.218. The summed E-state index contributed by atoms with van der Waals surface area (Å²) >= 11 is 3.36. The largest absolute Gasteiger partial charge is 0.244 e. The summed E-state index contributed by atoms with van der Waals surface area (Å²) in [6, 6.07) is 8.56. The van der Waals surface area contributed by atoms with Crippen molar-refractivity contribution in [1.82, 2.24) is 4.98 Å². The Morgan fingerprint density at radius 1 is 1.11 bits per heavy atom. The Hall–Kier alpha value is -1.52. The molecule has 4 heteroatoms. The summed E-state index contributed by atoms with van der Waals surface area (Å²) in [6.07, 6.45) is 1.89. The van der Waals surface area contributed by atoms with Crippen molar-refractivity contribution in [2.45, 2.75) is 6.92 Å². The first-order valence-corrected chi connectivity index (χ1v) is 7.20. The molecule has 2 aromatic heterocycles. The molecule has 0 saturated carbocycles. The van der Waals surface area contributed by atoms with Gasteiger partial charge in [0.2, 0.25) is 0 Å². The Bertz CT molecular complexity index is 667. The van der Waals surface area contributed by atoms with E-state index in [2.05, 4.69) is 23.4 Å². The highest BCUT2D eigenvalue weighted by Crippen LogP contribution is 2.36. The minimum absolute atomic E-state index is 0.218. The Morgan fingerprint density at radius 2 is 1.89 bits per heavy atom. The van der Waals surface area contributed by atoms with Gasteiger partial charge in [-0.25, -0.2) is 9.37 Å². The van der Waals surface area contributed by atoms with Gasteiger partial charge in [-0.15, -0.1) is 22.7 Å². The summed E-state index contributed by atoms with van der Waals surface area (Å²) in [5.74, 6) is -0.218. The van der Waals surface area contributed by atoms with Crippen LogP contribution in [0.4, 0.5) is 4.39 Å². The predicted molar refractivity (Wildman–Crippen MR) is 75.6 cm³/mol. The predicted octanol–water partition coefficient (Wildman–Crippen LogP) is 4.99. The number of aryl methyl sites for hydroxylation is 1. The van der Waals surface area contributed by atoms with Gasteiger partial charge in [-0.1, -0.05) is 0 Å². The van der Waals surface area contributed by atoms with E-state index in [1.54, 1.807) is 34.8 Å². The molecule has 0 fully saturated rings. The second-order valence-electron chi connectivity index (χ2n) is 3.97. The normalized spacial score (nSPS) is 10.8. The molecule has 3 rings (SSSR count). The van der Waals surface area contributed by atoms with Crippen molar-refractivity contribution in [1.29, 1.82) is 0 Å². The number of halogens is 1. The van der Waals surface area contributed by atoms with Crippen LogP contribution in [0.3, 0.4) is 0 Å². The van der Waals surface area contributed by atoms with Crippen LogP contribution < -0.4 is 0 Å². The van der Waals surface area contributed by atoms with Crippen LogP contribution in [0.25, 0.3) is 20.3 Å². The van der Waals surface area contributed by atoms with Crippen LogP contribution in [-0.2, 0) is 0 Å². The number of benzene rings is 1. The second-order valence-corrected chi connectivity index (χ2v) is 5.92. The zero-order valence-corrected chi connectivity index (χ0v) is 11.3. The van der Waals surface area contributed by atoms with Crippen molar-refractivity contribution in [3.63, 3.8) is 0 Å². The summed E-state index contributed by atoms with van der Waals surface area (Å²) < 4.78 is 12.9. The first-order valence-electron chi connectivity index (χ1n) is 5.50. The molecule has 0 radical (unpaired) electrons. The van der Waals surface area contributed by atoms with Crippen LogP contribution in [0.5, 0.6) is 0 Å². The SMILES string of the molecule is Cc1ccsc1-c1cnc(-c2ccc(F)cc2)s1. The number of hydrogen-bond donors (Lipinski definition) is 0. The van der Waals surface area contributed by atoms with Gasteiger partial charge in [0, 0.05) is 16.6 Å². The van der Waals surface area contributed by atoms with Crippen molar-refractivity contribution in [2.75, 3.05) is 0 Å². The van der Waals surface area contributed by atoms with Gasteiger partial charge in [0.1, 0.15) is 10.8 Å². The van der Waals surface area contributed by atoms with Crippen LogP contribution in [0.15, 0.2) is 41.9 Å². The highest BCUT2D eigenvalue weighted by atomic mass is 32.1. The smallest absolute Gasteiger partial charge is 0.123 e. The van der Waals surface area contributed by atoms with Crippen LogP contribution in [0.2, 0.25) is 0 Å². The first kappa shape index (κ1) is 11.6. The molecule has 0 spiro atoms. The molecule has 3 aromatic rings. The number of nitrogens with zero attached hydrogens (tertiary/aromatic N) is 1. The molecule has 0 atom stereocenters. The van der Waals surface area contributed by atoms with Gasteiger partial charge in [0.05, 0.1) is 4.88 Å². The summed E-state index contributed by atoms with van der Waals surface area (Å²) in [4.78, 5) is 6.85. The van der Waals surface area contributed by atoms with E-state index in [1.165, 1.54) is 27.5 Å². The fraction of sp³-hybridized carbons (Fsp3) is 0.0714. The summed E-state index contributed by atoms with van der Waals surface area (Å²) in [5.41, 5.74) is 2.23. The topological polar surface area (TPSA) is 12.9 Å². The van der Waals surface area contributed by atoms with Crippen molar-refractivity contribution in [3.8, 4) is 20.3 Å². The third-order valence-electron chi connectivity index (χ3n) is 2.68. The van der Waals surface area contributed by atoms with Gasteiger partial charge in [-0.05, 0) is 48.2 Å². The van der Waals surface area contributed by atoms with E-state index in [0.717, 1.165) is 10.6 Å². The van der Waals surface area contributed by atoms with E-state index in [1.807, 2.05) is 6.20 Å². The van der Waals surface area contributed by atoms with E-state index < -0.39 is 0 Å². The monoisotopic (exact) mass is 275 g/mol. The maximum Gasteiger partial charge on any atom is 0.123 e. The van der Waals surface area contributed by atoms with Crippen LogP contribution >= 0.6 is 22.7 Å². The fourth-order valence-corrected chi connectivity index (χ4v) is 3.76. The first-order chi connectivity index (χ1) is 8.74. The molecule has 18 heavy (non-hydrogen) atoms. The minimum Gasteiger partial charge on any atom is -0.244 e. The number of thiazole rings is 1. The zero-order valence-electron chi connectivity index (χ0n) is 9.68. The fourth-order valence-electron chi connectivity index (χ4n) is 1.73. The number of hydrogen-bond acceptors (Lipinski definition) is 3. The Labute approximate surface area is 113 Å². The molecule has 0 aliphatic carbocycles. The lowest BCUT2D eigenvalue weighted by molar-refractivity contribution is 0.628. The van der Waals surface area contributed by atoms with Gasteiger partial charge in [0.25, 0.3) is 0 Å². The molecule has 0 saturated heterocycles. The highest BCUT2D eigenvalue weighted by molar-refractivity contribution is 7.23. The van der Waals surface area contributed by atoms with Crippen molar-refractivity contribution < 1.29 is 4.39 Å². The van der Waals surface area contributed by atoms with Crippen molar-refractivity contribution in [2.24, 2.45) is 0 Å². The molecule has 90 valence electrons. The average molecular weight is 275 g/mol. The van der Waals surface area contributed by atoms with E-state index in [0.29, 0.717) is 0 Å². The van der Waals surface area contributed by atoms with Crippen molar-refractivity contribution in [3.05, 3.63) is 53.3 Å². The lowest BCUT2D eigenvalue weighted by Gasteiger charge is -1.95. The molecule has 0 aliphatic rings. The third kappa shape index (κ3) is 2.09. The Morgan fingerprint density at radius 3 is 2.56 bits per heavy atom. The number of thiophene rings is 1. The summed E-state index contributed by atoms with van der Waals surface area (Å²) in [6.45, 7) is 2.10. The number of rotatable bonds is 2. The molecule has 2 heterocycles. The highest BCUT2D eigenvalue weighted by Gasteiger charge is 2.09. The van der Waals surface area contributed by atoms with Gasteiger partial charge in [-0.3, -0.25) is 0 Å². The molecule has 0 aliphatic heterocycles. The summed E-state index contributed by atoms with van der Waals surface area (Å²) in [5, 5.41) is 3.01. The van der Waals surface area contributed by atoms with E-state index in [4.69, 9.17) is 0 Å². The van der Waals surface area contributed by atoms with Crippen LogP contribution in [0, 0.1) is 12.7 Å². The Balaban J connectivity index is 1.99. The molecular formula is C14H10FNS2. The van der Waals surface area contributed by atoms with E-state index in [9.17, 15) is 4.39 Å². The Kier molecular flexibility index (Phi) is 2.97. The van der Waals surface area contributed by atoms with E-state index >= 15 is 0 Å². The van der Waals surface area contributed by atoms with Crippen LogP contribution in [-0.4, -0.2) is 4.98 Å². The molecule has 1 aromatic carbocycles. The maximum absolute atomic E-state index is 12.9. The quantitative estimate of drug-likeness (QED) is 0.642. The second kappa shape index (κ2) is 4.63. The molecule has 0 bridgehead atoms. The third-order valence-corrected chi connectivity index (χ3v) is 4.93. The average Bonchev–Trinajstić information content (AvgIpc) is 2.98. The molecular weight excluding hydrogens is 265 g/mol. The van der Waals surface area contributed by atoms with Gasteiger partial charge < -0.3 is 0 Å². The summed E-state index contributed by atoms with van der Waals surface area (Å²) in [7, 11) is 0. The van der Waals surface area contributed by atoms with Gasteiger partial charge in [0.15, 0.2) is 0 Å². The molecule has 0 amide bonds. The lowest BCUT2D eigenvalue weighted by atomic mass is 10.2. The standard InChI is InChI=1S/C14H10FNS2/c1-9-6-7-17-13(9)12-8-16-14(18-12)10-2-4-11(15)5-3-10/h2-8H,1H3. The van der Waals surface area contributed by atoms with Gasteiger partial charge >= 0.3 is 0 Å².